The smallest absolute Gasteiger partial charge is 0.489 e. The van der Waals surface area contributed by atoms with Crippen LogP contribution in [0.15, 0.2) is 42.5 Å². The zero-order chi connectivity index (χ0) is 23.5. The van der Waals surface area contributed by atoms with Crippen molar-refractivity contribution >= 4 is 6.09 Å². The van der Waals surface area contributed by atoms with Gasteiger partial charge in [0.05, 0.1) is 13.2 Å². The summed E-state index contributed by atoms with van der Waals surface area (Å²) in [6.07, 6.45) is -5.30. The van der Waals surface area contributed by atoms with Crippen LogP contribution in [-0.2, 0) is 11.3 Å². The van der Waals surface area contributed by atoms with Gasteiger partial charge in [0.2, 0.25) is 0 Å². The normalized spacial score (nSPS) is 14.7. The minimum absolute atomic E-state index is 0.0466. The van der Waals surface area contributed by atoms with Gasteiger partial charge in [-0.1, -0.05) is 30.3 Å². The van der Waals surface area contributed by atoms with Crippen LogP contribution in [0.4, 0.5) is 18.0 Å². The molecule has 32 heavy (non-hydrogen) atoms. The molecular formula is C23H26F3NO5. The topological polar surface area (TPSA) is 68.2 Å². The van der Waals surface area contributed by atoms with Crippen molar-refractivity contribution in [2.45, 2.75) is 39.3 Å². The van der Waals surface area contributed by atoms with Gasteiger partial charge < -0.3 is 24.2 Å². The second-order valence-electron chi connectivity index (χ2n) is 8.59. The summed E-state index contributed by atoms with van der Waals surface area (Å²) < 4.78 is 53.6. The van der Waals surface area contributed by atoms with Crippen LogP contribution >= 0.6 is 0 Å². The van der Waals surface area contributed by atoms with E-state index < -0.39 is 23.8 Å². The molecule has 0 aliphatic carbocycles. The Bertz CT molecular complexity index is 949. The van der Waals surface area contributed by atoms with Gasteiger partial charge in [0, 0.05) is 19.0 Å². The van der Waals surface area contributed by atoms with Crippen molar-refractivity contribution in [3.8, 4) is 22.6 Å². The molecule has 0 bridgehead atoms. The first kappa shape index (κ1) is 23.7. The highest BCUT2D eigenvalue weighted by atomic mass is 19.4. The fourth-order valence-corrected chi connectivity index (χ4v) is 3.30. The lowest BCUT2D eigenvalue weighted by Gasteiger charge is -2.39. The fraction of sp³-hybridized carbons (Fsp3) is 0.435. The summed E-state index contributed by atoms with van der Waals surface area (Å²) in [4.78, 5) is 13.5. The Hall–Kier alpha value is -2.94. The van der Waals surface area contributed by atoms with Gasteiger partial charge in [0.15, 0.2) is 11.5 Å². The second-order valence-corrected chi connectivity index (χ2v) is 8.59. The summed E-state index contributed by atoms with van der Waals surface area (Å²) in [6, 6.07) is 11.2. The minimum Gasteiger partial charge on any atom is -0.489 e. The van der Waals surface area contributed by atoms with E-state index in [1.807, 2.05) is 0 Å². The molecule has 1 heterocycles. The maximum Gasteiger partial charge on any atom is 0.573 e. The third-order valence-corrected chi connectivity index (χ3v) is 4.75. The zero-order valence-corrected chi connectivity index (χ0v) is 18.1. The lowest BCUT2D eigenvalue weighted by atomic mass is 9.99. The number of hydrogen-bond acceptors (Lipinski definition) is 5. The number of amides is 1. The number of nitrogens with zero attached hydrogens (tertiary/aromatic N) is 1. The highest BCUT2D eigenvalue weighted by Gasteiger charge is 2.35. The third kappa shape index (κ3) is 6.29. The largest absolute Gasteiger partial charge is 0.573 e. The van der Waals surface area contributed by atoms with E-state index >= 15 is 0 Å². The van der Waals surface area contributed by atoms with E-state index in [1.54, 1.807) is 45.0 Å². The number of halogens is 3. The molecule has 1 aliphatic heterocycles. The first-order chi connectivity index (χ1) is 14.9. The molecule has 0 saturated carbocycles. The lowest BCUT2D eigenvalue weighted by Crippen LogP contribution is -2.53. The first-order valence-electron chi connectivity index (χ1n) is 10.1. The zero-order valence-electron chi connectivity index (χ0n) is 18.1. The molecule has 0 radical (unpaired) electrons. The number of likely N-dealkylation sites (tertiary alicyclic amines) is 1. The molecule has 2 aromatic carbocycles. The number of carbonyl (C=O) groups excluding carboxylic acids is 1. The molecule has 2 aromatic rings. The predicted octanol–water partition coefficient (Wildman–Crippen LogP) is 4.99. The van der Waals surface area contributed by atoms with Gasteiger partial charge >= 0.3 is 12.5 Å². The average molecular weight is 453 g/mol. The summed E-state index contributed by atoms with van der Waals surface area (Å²) in [6.45, 7) is 5.99. The molecule has 0 aromatic heterocycles. The summed E-state index contributed by atoms with van der Waals surface area (Å²) in [5.74, 6) is -0.566. The molecule has 1 aliphatic rings. The van der Waals surface area contributed by atoms with E-state index in [9.17, 15) is 23.1 Å². The molecule has 1 saturated heterocycles. The van der Waals surface area contributed by atoms with E-state index in [0.717, 1.165) is 0 Å². The van der Waals surface area contributed by atoms with Crippen LogP contribution in [0, 0.1) is 5.92 Å². The van der Waals surface area contributed by atoms with Crippen molar-refractivity contribution in [2.75, 3.05) is 19.7 Å². The van der Waals surface area contributed by atoms with Crippen molar-refractivity contribution in [3.63, 3.8) is 0 Å². The number of alkyl halides is 3. The Morgan fingerprint density at radius 2 is 1.78 bits per heavy atom. The second kappa shape index (κ2) is 9.28. The molecule has 1 fully saturated rings. The molecule has 6 nitrogen and oxygen atoms in total. The van der Waals surface area contributed by atoms with Crippen LogP contribution in [0.25, 0.3) is 11.1 Å². The summed E-state index contributed by atoms with van der Waals surface area (Å²) in [5, 5.41) is 9.57. The fourth-order valence-electron chi connectivity index (χ4n) is 3.30. The number of aliphatic hydroxyl groups excluding tert-OH is 1. The standard InChI is InChI=1S/C23H26F3NO5/c1-22(2,3)32-21(29)27-11-15(12-27)14-30-20-10-16(8-9-19(20)31-23(24,25)26)18-7-5-4-6-17(18)13-28/h4-10,15,28H,11-14H2,1-3H3. The number of carbonyl (C=O) groups is 1. The molecule has 174 valence electrons. The highest BCUT2D eigenvalue weighted by molar-refractivity contribution is 5.70. The van der Waals surface area contributed by atoms with Gasteiger partial charge in [0.1, 0.15) is 5.60 Å². The number of rotatable bonds is 6. The van der Waals surface area contributed by atoms with Crippen LogP contribution in [0.5, 0.6) is 11.5 Å². The van der Waals surface area contributed by atoms with Crippen molar-refractivity contribution in [1.29, 1.82) is 0 Å². The highest BCUT2D eigenvalue weighted by Crippen LogP contribution is 2.37. The van der Waals surface area contributed by atoms with E-state index in [1.165, 1.54) is 23.1 Å². The van der Waals surface area contributed by atoms with Crippen molar-refractivity contribution < 1.29 is 37.3 Å². The van der Waals surface area contributed by atoms with Crippen LogP contribution in [0.3, 0.4) is 0 Å². The SMILES string of the molecule is CC(C)(C)OC(=O)N1CC(COc2cc(-c3ccccc3CO)ccc2OC(F)(F)F)C1. The van der Waals surface area contributed by atoms with Crippen LogP contribution in [0.1, 0.15) is 26.3 Å². The van der Waals surface area contributed by atoms with Gasteiger partial charge in [-0.25, -0.2) is 4.79 Å². The third-order valence-electron chi connectivity index (χ3n) is 4.75. The Kier molecular flexibility index (Phi) is 6.88. The maximum atomic E-state index is 12.8. The number of ether oxygens (including phenoxy) is 3. The van der Waals surface area contributed by atoms with E-state index in [-0.39, 0.29) is 24.9 Å². The average Bonchev–Trinajstić information content (AvgIpc) is 2.65. The summed E-state index contributed by atoms with van der Waals surface area (Å²) in [7, 11) is 0. The summed E-state index contributed by atoms with van der Waals surface area (Å²) in [5.41, 5.74) is 1.30. The van der Waals surface area contributed by atoms with E-state index in [2.05, 4.69) is 4.74 Å². The van der Waals surface area contributed by atoms with Gasteiger partial charge in [0.25, 0.3) is 0 Å². The number of hydrogen-bond donors (Lipinski definition) is 1. The van der Waals surface area contributed by atoms with Crippen LogP contribution in [0.2, 0.25) is 0 Å². The van der Waals surface area contributed by atoms with Crippen LogP contribution < -0.4 is 9.47 Å². The van der Waals surface area contributed by atoms with Gasteiger partial charge in [-0.05, 0) is 49.6 Å². The Balaban J connectivity index is 1.72. The van der Waals surface area contributed by atoms with E-state index in [4.69, 9.17) is 9.47 Å². The quantitative estimate of drug-likeness (QED) is 0.668. The lowest BCUT2D eigenvalue weighted by molar-refractivity contribution is -0.275. The Labute approximate surface area is 184 Å². The van der Waals surface area contributed by atoms with E-state index in [0.29, 0.717) is 29.8 Å². The molecule has 1 N–H and O–H groups in total. The number of benzene rings is 2. The van der Waals surface area contributed by atoms with Crippen LogP contribution in [-0.4, -0.2) is 47.8 Å². The molecule has 0 atom stereocenters. The first-order valence-corrected chi connectivity index (χ1v) is 10.1. The van der Waals surface area contributed by atoms with Gasteiger partial charge in [-0.3, -0.25) is 0 Å². The number of aliphatic hydroxyl groups is 1. The molecule has 0 unspecified atom stereocenters. The molecule has 0 spiro atoms. The molecule has 1 amide bonds. The predicted molar refractivity (Wildman–Crippen MR) is 111 cm³/mol. The van der Waals surface area contributed by atoms with Gasteiger partial charge in [-0.15, -0.1) is 13.2 Å². The molecule has 9 heteroatoms. The van der Waals surface area contributed by atoms with Crippen molar-refractivity contribution in [3.05, 3.63) is 48.0 Å². The molecule has 3 rings (SSSR count). The Morgan fingerprint density at radius 1 is 1.09 bits per heavy atom. The maximum absolute atomic E-state index is 12.8. The minimum atomic E-state index is -4.87. The van der Waals surface area contributed by atoms with Crippen molar-refractivity contribution in [2.24, 2.45) is 5.92 Å². The monoisotopic (exact) mass is 453 g/mol. The van der Waals surface area contributed by atoms with Crippen molar-refractivity contribution in [1.82, 2.24) is 4.90 Å². The summed E-state index contributed by atoms with van der Waals surface area (Å²) >= 11 is 0. The molecular weight excluding hydrogens is 427 g/mol. The Morgan fingerprint density at radius 3 is 2.41 bits per heavy atom. The van der Waals surface area contributed by atoms with Gasteiger partial charge in [-0.2, -0.15) is 0 Å².